The molecule has 1 aromatic carbocycles. The van der Waals surface area contributed by atoms with E-state index in [1.165, 1.54) is 5.56 Å². The smallest absolute Gasteiger partial charge is 0.175 e. The normalized spacial score (nSPS) is 18.0. The lowest BCUT2D eigenvalue weighted by molar-refractivity contribution is 0.0739. The number of nitrogens with one attached hydrogen (secondary N) is 2. The van der Waals surface area contributed by atoms with Crippen molar-refractivity contribution in [2.24, 2.45) is 4.99 Å². The number of rotatable bonds is 4. The number of methoxy groups -OCH3 is 1. The summed E-state index contributed by atoms with van der Waals surface area (Å²) in [7, 11) is 1.72. The maximum Gasteiger partial charge on any atom is 0.175 e. The van der Waals surface area contributed by atoms with Crippen LogP contribution in [0.25, 0.3) is 0 Å². The minimum absolute atomic E-state index is 0.240. The van der Waals surface area contributed by atoms with Gasteiger partial charge in [-0.3, -0.25) is 5.10 Å². The van der Waals surface area contributed by atoms with Gasteiger partial charge in [-0.05, 0) is 19.4 Å². The zero-order valence-electron chi connectivity index (χ0n) is 13.1. The lowest BCUT2D eigenvalue weighted by Crippen LogP contribution is -2.51. The Kier molecular flexibility index (Phi) is 4.22. The molecule has 2 aromatic rings. The summed E-state index contributed by atoms with van der Waals surface area (Å²) in [5.41, 5.74) is 6.76. The molecule has 0 amide bonds. The second-order valence-electron chi connectivity index (χ2n) is 5.57. The highest BCUT2D eigenvalue weighted by Crippen LogP contribution is 2.20. The molecule has 0 fully saturated rings. The van der Waals surface area contributed by atoms with Crippen molar-refractivity contribution in [2.75, 3.05) is 13.7 Å². The lowest BCUT2D eigenvalue weighted by atomic mass is 10.0. The van der Waals surface area contributed by atoms with Crippen molar-refractivity contribution in [1.29, 1.82) is 0 Å². The van der Waals surface area contributed by atoms with Crippen LogP contribution in [0.1, 0.15) is 23.7 Å². The first-order valence-electron chi connectivity index (χ1n) is 7.38. The summed E-state index contributed by atoms with van der Waals surface area (Å²) in [5, 5.41) is 9.25. The van der Waals surface area contributed by atoms with E-state index in [0.717, 1.165) is 23.6 Å². The molecule has 6 heteroatoms. The molecule has 1 aliphatic rings. The van der Waals surface area contributed by atoms with Crippen molar-refractivity contribution < 1.29 is 4.74 Å². The van der Waals surface area contributed by atoms with Gasteiger partial charge in [0.05, 0.1) is 12.6 Å². The van der Waals surface area contributed by atoms with E-state index in [4.69, 9.17) is 4.74 Å². The van der Waals surface area contributed by atoms with Crippen LogP contribution >= 0.6 is 0 Å². The molecule has 2 N–H and O–H groups in total. The van der Waals surface area contributed by atoms with Crippen molar-refractivity contribution in [3.63, 3.8) is 0 Å². The molecular formula is C16H21N5O. The van der Waals surface area contributed by atoms with Crippen molar-refractivity contribution in [3.8, 4) is 0 Å². The fourth-order valence-corrected chi connectivity index (χ4v) is 2.57. The van der Waals surface area contributed by atoms with Crippen LogP contribution in [0.15, 0.2) is 35.3 Å². The Morgan fingerprint density at radius 2 is 2.23 bits per heavy atom. The van der Waals surface area contributed by atoms with Crippen molar-refractivity contribution in [1.82, 2.24) is 20.6 Å². The molecule has 2 heterocycles. The van der Waals surface area contributed by atoms with Crippen LogP contribution in [0.2, 0.25) is 0 Å². The molecule has 0 aliphatic carbocycles. The lowest BCUT2D eigenvalue weighted by Gasteiger charge is -2.35. The first-order chi connectivity index (χ1) is 10.7. The molecular weight excluding hydrogens is 278 g/mol. The number of aryl methyl sites for hydroxylation is 1. The molecule has 0 saturated heterocycles. The average Bonchev–Trinajstić information content (AvgIpc) is 2.92. The van der Waals surface area contributed by atoms with Gasteiger partial charge in [0, 0.05) is 31.0 Å². The SMILES string of the molecule is COCC(C)N1Cc2ccccc2C(=Nc2cc(C)[nH]n2)N1. The third-order valence-electron chi connectivity index (χ3n) is 3.72. The summed E-state index contributed by atoms with van der Waals surface area (Å²) in [5.74, 6) is 1.49. The van der Waals surface area contributed by atoms with Gasteiger partial charge in [0.25, 0.3) is 0 Å². The number of fused-ring (bicyclic) bond motifs is 1. The maximum absolute atomic E-state index is 5.26. The Morgan fingerprint density at radius 3 is 2.95 bits per heavy atom. The minimum Gasteiger partial charge on any atom is -0.383 e. The number of aromatic amines is 1. The number of hydrogen-bond acceptors (Lipinski definition) is 4. The van der Waals surface area contributed by atoms with Gasteiger partial charge in [-0.25, -0.2) is 10.0 Å². The van der Waals surface area contributed by atoms with Crippen molar-refractivity contribution in [3.05, 3.63) is 47.2 Å². The fraction of sp³-hybridized carbons (Fsp3) is 0.375. The topological polar surface area (TPSA) is 65.5 Å². The van der Waals surface area contributed by atoms with Gasteiger partial charge in [0.2, 0.25) is 0 Å². The second-order valence-corrected chi connectivity index (χ2v) is 5.57. The maximum atomic E-state index is 5.26. The molecule has 1 atom stereocenters. The third-order valence-corrected chi connectivity index (χ3v) is 3.72. The van der Waals surface area contributed by atoms with Crippen LogP contribution in [-0.2, 0) is 11.3 Å². The molecule has 0 bridgehead atoms. The Bertz CT molecular complexity index is 679. The van der Waals surface area contributed by atoms with Gasteiger partial charge in [-0.1, -0.05) is 24.3 Å². The van der Waals surface area contributed by atoms with E-state index in [0.29, 0.717) is 12.4 Å². The highest BCUT2D eigenvalue weighted by Gasteiger charge is 2.24. The van der Waals surface area contributed by atoms with E-state index in [1.54, 1.807) is 7.11 Å². The van der Waals surface area contributed by atoms with Crippen LogP contribution in [0.4, 0.5) is 5.82 Å². The van der Waals surface area contributed by atoms with E-state index in [1.807, 2.05) is 19.1 Å². The largest absolute Gasteiger partial charge is 0.383 e. The number of aliphatic imine (C=N–C) groups is 1. The third kappa shape index (κ3) is 3.03. The quantitative estimate of drug-likeness (QED) is 0.908. The van der Waals surface area contributed by atoms with E-state index in [-0.39, 0.29) is 6.04 Å². The first-order valence-corrected chi connectivity index (χ1v) is 7.38. The molecule has 22 heavy (non-hydrogen) atoms. The Hall–Kier alpha value is -2.18. The zero-order chi connectivity index (χ0) is 15.5. The molecule has 1 aliphatic heterocycles. The fourth-order valence-electron chi connectivity index (χ4n) is 2.57. The number of nitrogens with zero attached hydrogens (tertiary/aromatic N) is 3. The molecule has 1 aromatic heterocycles. The molecule has 3 rings (SSSR count). The number of amidine groups is 1. The van der Waals surface area contributed by atoms with Gasteiger partial charge in [-0.15, -0.1) is 0 Å². The molecule has 0 saturated carbocycles. The number of aromatic nitrogens is 2. The number of ether oxygens (including phenoxy) is 1. The summed E-state index contributed by atoms with van der Waals surface area (Å²) in [6.07, 6.45) is 0. The van der Waals surface area contributed by atoms with E-state index in [9.17, 15) is 0 Å². The monoisotopic (exact) mass is 299 g/mol. The zero-order valence-corrected chi connectivity index (χ0v) is 13.1. The number of benzene rings is 1. The Balaban J connectivity index is 1.95. The molecule has 0 radical (unpaired) electrons. The first kappa shape index (κ1) is 14.7. The van der Waals surface area contributed by atoms with Crippen LogP contribution in [0, 0.1) is 6.92 Å². The van der Waals surface area contributed by atoms with Crippen molar-refractivity contribution in [2.45, 2.75) is 26.4 Å². The van der Waals surface area contributed by atoms with E-state index >= 15 is 0 Å². The molecule has 1 unspecified atom stereocenters. The summed E-state index contributed by atoms with van der Waals surface area (Å²) < 4.78 is 5.26. The highest BCUT2D eigenvalue weighted by atomic mass is 16.5. The Morgan fingerprint density at radius 1 is 1.41 bits per heavy atom. The van der Waals surface area contributed by atoms with Gasteiger partial charge in [0.15, 0.2) is 11.7 Å². The predicted octanol–water partition coefficient (Wildman–Crippen LogP) is 2.15. The summed E-state index contributed by atoms with van der Waals surface area (Å²) in [6.45, 7) is 5.57. The van der Waals surface area contributed by atoms with Crippen LogP contribution in [0.3, 0.4) is 0 Å². The second kappa shape index (κ2) is 6.29. The van der Waals surface area contributed by atoms with Crippen LogP contribution < -0.4 is 5.43 Å². The van der Waals surface area contributed by atoms with Crippen LogP contribution in [-0.4, -0.2) is 40.8 Å². The van der Waals surface area contributed by atoms with Gasteiger partial charge in [0.1, 0.15) is 0 Å². The van der Waals surface area contributed by atoms with Gasteiger partial charge < -0.3 is 10.2 Å². The van der Waals surface area contributed by atoms with E-state index in [2.05, 4.69) is 50.7 Å². The Labute approximate surface area is 130 Å². The predicted molar refractivity (Wildman–Crippen MR) is 86.0 cm³/mol. The summed E-state index contributed by atoms with van der Waals surface area (Å²) in [6, 6.07) is 10.5. The average molecular weight is 299 g/mol. The van der Waals surface area contributed by atoms with Crippen molar-refractivity contribution >= 4 is 11.7 Å². The standard InChI is InChI=1S/C16H21N5O/c1-11-8-15(19-18-11)17-16-14-7-5-4-6-13(14)9-21(20-16)12(2)10-22-3/h4-8,12H,9-10H2,1-3H3,(H2,17,18,19,20). The van der Waals surface area contributed by atoms with Gasteiger partial charge >= 0.3 is 0 Å². The number of hydrazine groups is 1. The van der Waals surface area contributed by atoms with Crippen LogP contribution in [0.5, 0.6) is 0 Å². The summed E-state index contributed by atoms with van der Waals surface area (Å²) >= 11 is 0. The molecule has 116 valence electrons. The number of hydrogen-bond donors (Lipinski definition) is 2. The minimum atomic E-state index is 0.240. The van der Waals surface area contributed by atoms with Gasteiger partial charge in [-0.2, -0.15) is 5.10 Å². The molecule has 6 nitrogen and oxygen atoms in total. The molecule has 0 spiro atoms. The number of H-pyrrole nitrogens is 1. The van der Waals surface area contributed by atoms with E-state index < -0.39 is 0 Å². The summed E-state index contributed by atoms with van der Waals surface area (Å²) in [4.78, 5) is 4.65. The highest BCUT2D eigenvalue weighted by molar-refractivity contribution is 6.01.